The Morgan fingerprint density at radius 3 is 2.62 bits per heavy atom. The molecule has 1 fully saturated rings. The Labute approximate surface area is 126 Å². The van der Waals surface area contributed by atoms with E-state index in [0.29, 0.717) is 11.5 Å². The van der Waals surface area contributed by atoms with Crippen LogP contribution in [0.5, 0.6) is 0 Å². The Bertz CT molecular complexity index is 476. The lowest BCUT2D eigenvalue weighted by Gasteiger charge is -2.35. The highest BCUT2D eigenvalue weighted by Crippen LogP contribution is 2.40. The maximum atomic E-state index is 12.2. The summed E-state index contributed by atoms with van der Waals surface area (Å²) in [7, 11) is 0. The molecule has 1 aromatic carbocycles. The van der Waals surface area contributed by atoms with E-state index in [1.54, 1.807) is 24.3 Å². The van der Waals surface area contributed by atoms with Gasteiger partial charge in [0.1, 0.15) is 6.10 Å². The normalized spacial score (nSPS) is 30.1. The lowest BCUT2D eigenvalue weighted by molar-refractivity contribution is -0.162. The summed E-state index contributed by atoms with van der Waals surface area (Å²) in [4.78, 5) is 12.2. The number of carbonyl (C=O) groups is 1. The van der Waals surface area contributed by atoms with Gasteiger partial charge in [0.25, 0.3) is 0 Å². The molecule has 0 radical (unpaired) electrons. The van der Waals surface area contributed by atoms with Gasteiger partial charge in [0.2, 0.25) is 0 Å². The monoisotopic (exact) mass is 291 g/mol. The highest BCUT2D eigenvalue weighted by molar-refractivity contribution is 5.76. The summed E-state index contributed by atoms with van der Waals surface area (Å²) in [6, 6.07) is 8.84. The van der Waals surface area contributed by atoms with Crippen LogP contribution in [0.1, 0.15) is 51.2 Å². The van der Waals surface area contributed by atoms with Crippen LogP contribution in [0.3, 0.4) is 0 Å². The number of rotatable bonds is 5. The van der Waals surface area contributed by atoms with E-state index < -0.39 is 17.6 Å². The number of aliphatic hydroxyl groups excluding tert-OH is 1. The van der Waals surface area contributed by atoms with E-state index in [9.17, 15) is 9.90 Å². The van der Waals surface area contributed by atoms with Crippen molar-refractivity contribution in [2.75, 3.05) is 0 Å². The summed E-state index contributed by atoms with van der Waals surface area (Å²) < 4.78 is 5.55. The van der Waals surface area contributed by atoms with Gasteiger partial charge in [-0.15, -0.1) is 0 Å². The van der Waals surface area contributed by atoms with Gasteiger partial charge in [0.15, 0.2) is 6.10 Å². The van der Waals surface area contributed by atoms with Crippen LogP contribution in [0.2, 0.25) is 0 Å². The largest absolute Gasteiger partial charge is 0.458 e. The van der Waals surface area contributed by atoms with Crippen molar-refractivity contribution in [1.82, 2.24) is 0 Å². The number of ether oxygens (including phenoxy) is 1. The highest BCUT2D eigenvalue weighted by atomic mass is 16.6. The second kappa shape index (κ2) is 6.58. The Hall–Kier alpha value is -1.39. The molecule has 1 saturated carbocycles. The summed E-state index contributed by atoms with van der Waals surface area (Å²) in [6.45, 7) is 4.15. The first-order valence-electron chi connectivity index (χ1n) is 7.75. The molecule has 4 heteroatoms. The van der Waals surface area contributed by atoms with Crippen molar-refractivity contribution >= 4 is 5.97 Å². The molecule has 116 valence electrons. The molecule has 21 heavy (non-hydrogen) atoms. The SMILES string of the molecule is CCC1CCC(OC(=O)C(O)c2ccccc2)C1(N)CC. The zero-order valence-corrected chi connectivity index (χ0v) is 12.8. The lowest BCUT2D eigenvalue weighted by Crippen LogP contribution is -2.53. The fourth-order valence-electron chi connectivity index (χ4n) is 3.40. The first-order chi connectivity index (χ1) is 10.0. The molecule has 1 aliphatic rings. The van der Waals surface area contributed by atoms with Gasteiger partial charge in [-0.05, 0) is 30.7 Å². The fraction of sp³-hybridized carbons (Fsp3) is 0.588. The van der Waals surface area contributed by atoms with Crippen molar-refractivity contribution in [1.29, 1.82) is 0 Å². The summed E-state index contributed by atoms with van der Waals surface area (Å²) in [5, 5.41) is 10.1. The molecule has 4 unspecified atom stereocenters. The molecular weight excluding hydrogens is 266 g/mol. The van der Waals surface area contributed by atoms with Crippen molar-refractivity contribution in [2.24, 2.45) is 11.7 Å². The van der Waals surface area contributed by atoms with Crippen LogP contribution in [0.25, 0.3) is 0 Å². The van der Waals surface area contributed by atoms with Gasteiger partial charge in [-0.1, -0.05) is 50.6 Å². The van der Waals surface area contributed by atoms with Crippen LogP contribution in [-0.4, -0.2) is 22.7 Å². The quantitative estimate of drug-likeness (QED) is 0.818. The lowest BCUT2D eigenvalue weighted by atomic mass is 9.82. The van der Waals surface area contributed by atoms with Crippen molar-refractivity contribution in [3.8, 4) is 0 Å². The van der Waals surface area contributed by atoms with Gasteiger partial charge in [-0.2, -0.15) is 0 Å². The van der Waals surface area contributed by atoms with Crippen molar-refractivity contribution in [3.63, 3.8) is 0 Å². The number of hydrogen-bond acceptors (Lipinski definition) is 4. The van der Waals surface area contributed by atoms with Crippen molar-refractivity contribution in [3.05, 3.63) is 35.9 Å². The van der Waals surface area contributed by atoms with Crippen LogP contribution in [0, 0.1) is 5.92 Å². The van der Waals surface area contributed by atoms with Crippen molar-refractivity contribution in [2.45, 2.75) is 57.3 Å². The molecule has 0 saturated heterocycles. The Kier molecular flexibility index (Phi) is 5.01. The molecule has 0 spiro atoms. The maximum Gasteiger partial charge on any atom is 0.339 e. The van der Waals surface area contributed by atoms with Crippen LogP contribution in [0.4, 0.5) is 0 Å². The average Bonchev–Trinajstić information content (AvgIpc) is 2.84. The van der Waals surface area contributed by atoms with Gasteiger partial charge >= 0.3 is 5.97 Å². The second-order valence-corrected chi connectivity index (χ2v) is 5.89. The predicted molar refractivity (Wildman–Crippen MR) is 81.5 cm³/mol. The molecule has 0 amide bonds. The van der Waals surface area contributed by atoms with Gasteiger partial charge in [-0.3, -0.25) is 0 Å². The number of hydrogen-bond donors (Lipinski definition) is 2. The number of aliphatic hydroxyl groups is 1. The molecule has 0 aromatic heterocycles. The minimum atomic E-state index is -1.24. The van der Waals surface area contributed by atoms with Crippen LogP contribution in [-0.2, 0) is 9.53 Å². The number of esters is 1. The number of benzene rings is 1. The smallest absolute Gasteiger partial charge is 0.339 e. The van der Waals surface area contributed by atoms with E-state index in [1.165, 1.54) is 0 Å². The molecule has 4 atom stereocenters. The zero-order chi connectivity index (χ0) is 15.5. The Morgan fingerprint density at radius 2 is 2.05 bits per heavy atom. The third-order valence-corrected chi connectivity index (χ3v) is 4.84. The summed E-state index contributed by atoms with van der Waals surface area (Å²) in [5.41, 5.74) is 6.56. The minimum absolute atomic E-state index is 0.307. The molecule has 3 N–H and O–H groups in total. The second-order valence-electron chi connectivity index (χ2n) is 5.89. The van der Waals surface area contributed by atoms with Crippen molar-refractivity contribution < 1.29 is 14.6 Å². The van der Waals surface area contributed by atoms with Crippen LogP contribution in [0.15, 0.2) is 30.3 Å². The third kappa shape index (κ3) is 3.11. The van der Waals surface area contributed by atoms with Gasteiger partial charge in [0.05, 0.1) is 5.54 Å². The molecule has 0 bridgehead atoms. The first kappa shape index (κ1) is 16.0. The summed E-state index contributed by atoms with van der Waals surface area (Å²) >= 11 is 0. The number of carbonyl (C=O) groups excluding carboxylic acids is 1. The Balaban J connectivity index is 2.06. The minimum Gasteiger partial charge on any atom is -0.458 e. The topological polar surface area (TPSA) is 72.5 Å². The maximum absolute atomic E-state index is 12.2. The summed E-state index contributed by atoms with van der Waals surface area (Å²) in [5.74, 6) is -0.236. The molecule has 4 nitrogen and oxygen atoms in total. The zero-order valence-electron chi connectivity index (χ0n) is 12.8. The molecule has 1 aromatic rings. The van der Waals surface area contributed by atoms with Crippen LogP contribution >= 0.6 is 0 Å². The molecular formula is C17H25NO3. The standard InChI is InChI=1S/C17H25NO3/c1-3-13-10-11-14(17(13,18)4-2)21-16(20)15(19)12-8-6-5-7-9-12/h5-9,13-15,19H,3-4,10-11,18H2,1-2H3. The first-order valence-corrected chi connectivity index (χ1v) is 7.75. The van der Waals surface area contributed by atoms with E-state index in [-0.39, 0.29) is 6.10 Å². The predicted octanol–water partition coefficient (Wildman–Crippen LogP) is 2.56. The molecule has 1 aliphatic carbocycles. The van der Waals surface area contributed by atoms with Gasteiger partial charge < -0.3 is 15.6 Å². The average molecular weight is 291 g/mol. The third-order valence-electron chi connectivity index (χ3n) is 4.84. The molecule has 0 aliphatic heterocycles. The van der Waals surface area contributed by atoms with E-state index >= 15 is 0 Å². The fourth-order valence-corrected chi connectivity index (χ4v) is 3.40. The van der Waals surface area contributed by atoms with Crippen LogP contribution < -0.4 is 5.73 Å². The van der Waals surface area contributed by atoms with E-state index in [4.69, 9.17) is 10.5 Å². The van der Waals surface area contributed by atoms with Gasteiger partial charge in [-0.25, -0.2) is 4.79 Å². The van der Waals surface area contributed by atoms with E-state index in [2.05, 4.69) is 6.92 Å². The molecule has 0 heterocycles. The summed E-state index contributed by atoms with van der Waals surface area (Å²) in [6.07, 6.45) is 1.95. The van der Waals surface area contributed by atoms with E-state index in [1.807, 2.05) is 13.0 Å². The van der Waals surface area contributed by atoms with E-state index in [0.717, 1.165) is 25.7 Å². The highest BCUT2D eigenvalue weighted by Gasteiger charge is 2.47. The Morgan fingerprint density at radius 1 is 1.38 bits per heavy atom. The number of nitrogens with two attached hydrogens (primary N) is 1. The van der Waals surface area contributed by atoms with Gasteiger partial charge in [0, 0.05) is 0 Å². The molecule has 2 rings (SSSR count).